The molecule has 0 saturated heterocycles. The summed E-state index contributed by atoms with van der Waals surface area (Å²) in [6, 6.07) is 0. The molecular formula is C11H23NO3S. The van der Waals surface area contributed by atoms with Gasteiger partial charge in [0.15, 0.2) is 0 Å². The van der Waals surface area contributed by atoms with Crippen LogP contribution in [0.5, 0.6) is 0 Å². The van der Waals surface area contributed by atoms with Crippen LogP contribution in [-0.2, 0) is 10.1 Å². The van der Waals surface area contributed by atoms with Crippen LogP contribution in [0.3, 0.4) is 0 Å². The van der Waals surface area contributed by atoms with Crippen LogP contribution >= 0.6 is 0 Å². The molecule has 1 rings (SSSR count). The van der Waals surface area contributed by atoms with Gasteiger partial charge in [-0.25, -0.2) is 0 Å². The van der Waals surface area contributed by atoms with Crippen LogP contribution < -0.4 is 5.73 Å². The minimum absolute atomic E-state index is 0.0769. The largest absolute Gasteiger partial charge is 0.313 e. The Bertz CT molecular complexity index is 350. The van der Waals surface area contributed by atoms with Crippen molar-refractivity contribution in [3.8, 4) is 0 Å². The molecule has 96 valence electrons. The van der Waals surface area contributed by atoms with Gasteiger partial charge >= 0.3 is 0 Å². The van der Waals surface area contributed by atoms with E-state index in [9.17, 15) is 8.42 Å². The predicted molar refractivity (Wildman–Crippen MR) is 64.5 cm³/mol. The molecule has 16 heavy (non-hydrogen) atoms. The van der Waals surface area contributed by atoms with Crippen molar-refractivity contribution in [1.29, 1.82) is 0 Å². The van der Waals surface area contributed by atoms with E-state index in [2.05, 4.69) is 20.8 Å². The Hall–Kier alpha value is -0.130. The third-order valence-corrected chi connectivity index (χ3v) is 5.38. The zero-order valence-electron chi connectivity index (χ0n) is 10.4. The lowest BCUT2D eigenvalue weighted by atomic mass is 9.57. The molecule has 0 aromatic heterocycles. The van der Waals surface area contributed by atoms with E-state index in [0.29, 0.717) is 6.42 Å². The smallest absolute Gasteiger partial charge is 0.280 e. The first-order chi connectivity index (χ1) is 7.08. The van der Waals surface area contributed by atoms with Crippen molar-refractivity contribution < 1.29 is 13.0 Å². The highest BCUT2D eigenvalue weighted by molar-refractivity contribution is 7.86. The van der Waals surface area contributed by atoms with Crippen molar-refractivity contribution in [2.24, 2.45) is 16.6 Å². The second-order valence-electron chi connectivity index (χ2n) is 5.91. The summed E-state index contributed by atoms with van der Waals surface area (Å²) in [6.07, 6.45) is 4.69. The maximum atomic E-state index is 11.0. The molecule has 5 heteroatoms. The Morgan fingerprint density at radius 2 is 1.75 bits per heavy atom. The molecule has 2 unspecified atom stereocenters. The summed E-state index contributed by atoms with van der Waals surface area (Å²) in [5, 5.41) is -1.16. The minimum atomic E-state index is -4.11. The SMILES string of the molecule is CC1(C)CCCCC1(C)CC(N)S(=O)(=O)O. The lowest BCUT2D eigenvalue weighted by Gasteiger charge is -2.49. The van der Waals surface area contributed by atoms with Gasteiger partial charge in [0.25, 0.3) is 10.1 Å². The first kappa shape index (κ1) is 13.9. The van der Waals surface area contributed by atoms with Crippen molar-refractivity contribution in [3.05, 3.63) is 0 Å². The quantitative estimate of drug-likeness (QED) is 0.751. The summed E-state index contributed by atoms with van der Waals surface area (Å²) in [5.41, 5.74) is 5.52. The third kappa shape index (κ3) is 2.76. The average molecular weight is 249 g/mol. The summed E-state index contributed by atoms with van der Waals surface area (Å²) >= 11 is 0. The zero-order chi connectivity index (χ0) is 12.6. The van der Waals surface area contributed by atoms with Crippen LogP contribution in [0.25, 0.3) is 0 Å². The lowest BCUT2D eigenvalue weighted by Crippen LogP contribution is -2.44. The molecule has 1 aliphatic carbocycles. The molecule has 0 spiro atoms. The highest BCUT2D eigenvalue weighted by Gasteiger charge is 2.44. The third-order valence-electron chi connectivity index (χ3n) is 4.45. The summed E-state index contributed by atoms with van der Waals surface area (Å²) in [7, 11) is -4.11. The minimum Gasteiger partial charge on any atom is -0.313 e. The maximum absolute atomic E-state index is 11.0. The Morgan fingerprint density at radius 1 is 1.25 bits per heavy atom. The molecule has 0 bridgehead atoms. The van der Waals surface area contributed by atoms with Crippen molar-refractivity contribution in [2.45, 2.75) is 58.2 Å². The number of hydrogen-bond donors (Lipinski definition) is 2. The molecule has 1 fully saturated rings. The van der Waals surface area contributed by atoms with Crippen LogP contribution in [0, 0.1) is 10.8 Å². The van der Waals surface area contributed by atoms with E-state index in [1.807, 2.05) is 0 Å². The molecule has 2 atom stereocenters. The number of hydrogen-bond acceptors (Lipinski definition) is 3. The number of rotatable bonds is 3. The topological polar surface area (TPSA) is 80.4 Å². The maximum Gasteiger partial charge on any atom is 0.280 e. The van der Waals surface area contributed by atoms with E-state index in [0.717, 1.165) is 19.3 Å². The van der Waals surface area contributed by atoms with Crippen LogP contribution in [0.15, 0.2) is 0 Å². The highest BCUT2D eigenvalue weighted by Crippen LogP contribution is 2.52. The molecule has 0 aromatic carbocycles. The van der Waals surface area contributed by atoms with E-state index < -0.39 is 15.5 Å². The van der Waals surface area contributed by atoms with Crippen LogP contribution in [0.2, 0.25) is 0 Å². The van der Waals surface area contributed by atoms with Gasteiger partial charge in [-0.15, -0.1) is 0 Å². The molecule has 3 N–H and O–H groups in total. The first-order valence-corrected chi connectivity index (χ1v) is 7.31. The molecule has 0 amide bonds. The molecule has 0 heterocycles. The van der Waals surface area contributed by atoms with Gasteiger partial charge in [0.1, 0.15) is 5.37 Å². The van der Waals surface area contributed by atoms with E-state index in [4.69, 9.17) is 10.3 Å². The molecular weight excluding hydrogens is 226 g/mol. The van der Waals surface area contributed by atoms with Crippen LogP contribution in [0.4, 0.5) is 0 Å². The second kappa shape index (κ2) is 4.27. The van der Waals surface area contributed by atoms with Crippen molar-refractivity contribution >= 4 is 10.1 Å². The number of nitrogens with two attached hydrogens (primary N) is 1. The fourth-order valence-electron chi connectivity index (χ4n) is 2.65. The van der Waals surface area contributed by atoms with Gasteiger partial charge in [-0.2, -0.15) is 8.42 Å². The van der Waals surface area contributed by atoms with Gasteiger partial charge in [-0.3, -0.25) is 4.55 Å². The summed E-state index contributed by atoms with van der Waals surface area (Å²) in [6.45, 7) is 6.39. The second-order valence-corrected chi connectivity index (χ2v) is 7.54. The van der Waals surface area contributed by atoms with Gasteiger partial charge in [0.05, 0.1) is 0 Å². The van der Waals surface area contributed by atoms with Crippen molar-refractivity contribution in [1.82, 2.24) is 0 Å². The van der Waals surface area contributed by atoms with E-state index >= 15 is 0 Å². The van der Waals surface area contributed by atoms with Crippen molar-refractivity contribution in [2.75, 3.05) is 0 Å². The van der Waals surface area contributed by atoms with E-state index in [1.54, 1.807) is 0 Å². The average Bonchev–Trinajstić information content (AvgIpc) is 2.09. The highest BCUT2D eigenvalue weighted by atomic mass is 32.2. The molecule has 0 aliphatic heterocycles. The predicted octanol–water partition coefficient (Wildman–Crippen LogP) is 2.16. The molecule has 0 radical (unpaired) electrons. The summed E-state index contributed by atoms with van der Waals surface area (Å²) in [4.78, 5) is 0. The molecule has 0 aromatic rings. The molecule has 1 aliphatic rings. The van der Waals surface area contributed by atoms with E-state index in [-0.39, 0.29) is 10.8 Å². The summed E-state index contributed by atoms with van der Waals surface area (Å²) in [5.74, 6) is 0. The normalized spacial score (nSPS) is 32.3. The fraction of sp³-hybridized carbons (Fsp3) is 1.00. The van der Waals surface area contributed by atoms with E-state index in [1.165, 1.54) is 6.42 Å². The Morgan fingerprint density at radius 3 is 2.19 bits per heavy atom. The van der Waals surface area contributed by atoms with Gasteiger partial charge in [-0.05, 0) is 30.1 Å². The van der Waals surface area contributed by atoms with Crippen LogP contribution in [0.1, 0.15) is 52.9 Å². The lowest BCUT2D eigenvalue weighted by molar-refractivity contribution is 0.0238. The van der Waals surface area contributed by atoms with Gasteiger partial charge in [0.2, 0.25) is 0 Å². The monoisotopic (exact) mass is 249 g/mol. The Labute approximate surface area is 98.4 Å². The van der Waals surface area contributed by atoms with Gasteiger partial charge < -0.3 is 5.73 Å². The fourth-order valence-corrected chi connectivity index (χ4v) is 3.23. The standard InChI is InChI=1S/C11H23NO3S/c1-10(2)6-4-5-7-11(10,3)8-9(12)16(13,14)15/h9H,4-8,12H2,1-3H3,(H,13,14,15). The summed E-state index contributed by atoms with van der Waals surface area (Å²) < 4.78 is 30.9. The molecule has 1 saturated carbocycles. The van der Waals surface area contributed by atoms with Crippen molar-refractivity contribution in [3.63, 3.8) is 0 Å². The first-order valence-electron chi connectivity index (χ1n) is 5.80. The molecule has 4 nitrogen and oxygen atoms in total. The van der Waals surface area contributed by atoms with Gasteiger partial charge in [-0.1, -0.05) is 33.6 Å². The van der Waals surface area contributed by atoms with Gasteiger partial charge in [0, 0.05) is 0 Å². The zero-order valence-corrected chi connectivity index (χ0v) is 11.2. The Kier molecular flexibility index (Phi) is 3.72. The Balaban J connectivity index is 2.85. The van der Waals surface area contributed by atoms with Crippen LogP contribution in [-0.4, -0.2) is 18.3 Å².